The minimum Gasteiger partial charge on any atom is -0.481 e. The second kappa shape index (κ2) is 6.70. The first-order chi connectivity index (χ1) is 11.2. The highest BCUT2D eigenvalue weighted by molar-refractivity contribution is 5.91. The van der Waals surface area contributed by atoms with Gasteiger partial charge in [-0.1, -0.05) is 12.1 Å². The van der Waals surface area contributed by atoms with Gasteiger partial charge in [-0.2, -0.15) is 0 Å². The number of carbonyl (C=O) groups excluding carboxylic acids is 1. The molecule has 0 aliphatic carbocycles. The van der Waals surface area contributed by atoms with E-state index in [1.54, 1.807) is 45.0 Å². The predicted molar refractivity (Wildman–Crippen MR) is 88.4 cm³/mol. The van der Waals surface area contributed by atoms with Crippen LogP contribution < -0.4 is 4.74 Å². The number of methoxy groups -OCH3 is 1. The Kier molecular flexibility index (Phi) is 4.87. The van der Waals surface area contributed by atoms with Crippen LogP contribution in [0.15, 0.2) is 36.4 Å². The van der Waals surface area contributed by atoms with Crippen LogP contribution in [0.5, 0.6) is 5.88 Å². The number of aromatic nitrogens is 1. The highest BCUT2D eigenvalue weighted by Crippen LogP contribution is 2.23. The number of carboxylic acid groups (broad SMARTS) is 1. The second-order valence-corrected chi connectivity index (χ2v) is 6.17. The van der Waals surface area contributed by atoms with Crippen molar-refractivity contribution in [3.8, 4) is 17.1 Å². The zero-order valence-electron chi connectivity index (χ0n) is 14.0. The van der Waals surface area contributed by atoms with Crippen LogP contribution in [0.25, 0.3) is 11.3 Å². The first kappa shape index (κ1) is 17.5. The van der Waals surface area contributed by atoms with Gasteiger partial charge in [-0.05, 0) is 39.0 Å². The van der Waals surface area contributed by atoms with Crippen molar-refractivity contribution in [1.82, 2.24) is 4.98 Å². The van der Waals surface area contributed by atoms with Crippen LogP contribution in [0.2, 0.25) is 0 Å². The molecule has 0 atom stereocenters. The van der Waals surface area contributed by atoms with Gasteiger partial charge in [0.25, 0.3) is 0 Å². The number of aromatic carboxylic acids is 1. The van der Waals surface area contributed by atoms with Crippen molar-refractivity contribution in [2.75, 3.05) is 7.11 Å². The maximum atomic E-state index is 12.0. The smallest absolute Gasteiger partial charge is 0.338 e. The third kappa shape index (κ3) is 4.32. The number of rotatable bonds is 4. The van der Waals surface area contributed by atoms with Crippen molar-refractivity contribution in [3.63, 3.8) is 0 Å². The van der Waals surface area contributed by atoms with E-state index in [0.717, 1.165) is 0 Å². The molecule has 1 aromatic carbocycles. The monoisotopic (exact) mass is 329 g/mol. The molecule has 0 radical (unpaired) electrons. The number of esters is 1. The molecule has 0 saturated heterocycles. The summed E-state index contributed by atoms with van der Waals surface area (Å²) in [5.41, 5.74) is 1.04. The van der Waals surface area contributed by atoms with E-state index in [0.29, 0.717) is 16.8 Å². The van der Waals surface area contributed by atoms with E-state index < -0.39 is 17.5 Å². The fourth-order valence-electron chi connectivity index (χ4n) is 2.00. The molecule has 6 nitrogen and oxygen atoms in total. The normalized spacial score (nSPS) is 11.0. The highest BCUT2D eigenvalue weighted by atomic mass is 16.6. The first-order valence-corrected chi connectivity index (χ1v) is 7.33. The Balaban J connectivity index is 2.32. The summed E-state index contributed by atoms with van der Waals surface area (Å²) in [5.74, 6) is -1.28. The van der Waals surface area contributed by atoms with Gasteiger partial charge < -0.3 is 14.6 Å². The molecule has 6 heteroatoms. The van der Waals surface area contributed by atoms with Crippen molar-refractivity contribution in [2.24, 2.45) is 0 Å². The van der Waals surface area contributed by atoms with Crippen molar-refractivity contribution >= 4 is 11.9 Å². The van der Waals surface area contributed by atoms with E-state index in [-0.39, 0.29) is 11.4 Å². The van der Waals surface area contributed by atoms with Crippen LogP contribution in [0.4, 0.5) is 0 Å². The van der Waals surface area contributed by atoms with Crippen LogP contribution >= 0.6 is 0 Å². The predicted octanol–water partition coefficient (Wildman–Crippen LogP) is 3.41. The molecule has 2 rings (SSSR count). The second-order valence-electron chi connectivity index (χ2n) is 6.17. The van der Waals surface area contributed by atoms with Crippen LogP contribution in [-0.4, -0.2) is 34.7 Å². The lowest BCUT2D eigenvalue weighted by atomic mass is 10.1. The first-order valence-electron chi connectivity index (χ1n) is 7.33. The Labute approximate surface area is 140 Å². The van der Waals surface area contributed by atoms with E-state index in [4.69, 9.17) is 14.6 Å². The number of benzene rings is 1. The van der Waals surface area contributed by atoms with Crippen molar-refractivity contribution in [1.29, 1.82) is 0 Å². The fourth-order valence-corrected chi connectivity index (χ4v) is 2.00. The number of pyridine rings is 1. The van der Waals surface area contributed by atoms with Gasteiger partial charge in [-0.15, -0.1) is 0 Å². The van der Waals surface area contributed by atoms with Crippen molar-refractivity contribution in [2.45, 2.75) is 26.4 Å². The molecule has 126 valence electrons. The summed E-state index contributed by atoms with van der Waals surface area (Å²) >= 11 is 0. The third-order valence-corrected chi connectivity index (χ3v) is 3.07. The minimum atomic E-state index is -1.07. The lowest BCUT2D eigenvalue weighted by Gasteiger charge is -2.19. The fraction of sp³-hybridized carbons (Fsp3) is 0.278. The molecular formula is C18H19NO5. The molecule has 0 fully saturated rings. The van der Waals surface area contributed by atoms with Gasteiger partial charge in [0.1, 0.15) is 5.60 Å². The lowest BCUT2D eigenvalue weighted by Crippen LogP contribution is -2.23. The van der Waals surface area contributed by atoms with Gasteiger partial charge in [-0.25, -0.2) is 14.6 Å². The van der Waals surface area contributed by atoms with Crippen molar-refractivity contribution < 1.29 is 24.2 Å². The molecule has 2 aromatic rings. The van der Waals surface area contributed by atoms with Crippen LogP contribution in [-0.2, 0) is 4.74 Å². The molecule has 0 bridgehead atoms. The van der Waals surface area contributed by atoms with Crippen LogP contribution in [0, 0.1) is 0 Å². The molecule has 0 aliphatic rings. The van der Waals surface area contributed by atoms with E-state index >= 15 is 0 Å². The number of nitrogens with zero attached hydrogens (tertiary/aromatic N) is 1. The summed E-state index contributed by atoms with van der Waals surface area (Å²) in [6, 6.07) is 9.41. The Morgan fingerprint density at radius 2 is 1.67 bits per heavy atom. The number of carbonyl (C=O) groups is 2. The maximum absolute atomic E-state index is 12.0. The molecule has 0 amide bonds. The summed E-state index contributed by atoms with van der Waals surface area (Å²) in [4.78, 5) is 27.4. The molecule has 0 aliphatic heterocycles. The zero-order chi connectivity index (χ0) is 17.9. The average molecular weight is 329 g/mol. The number of hydrogen-bond acceptors (Lipinski definition) is 5. The standard InChI is InChI=1S/C18H19NO5/c1-18(2,3)24-17(22)12-7-5-11(6-8-12)14-9-13(16(20)21)10-15(19-14)23-4/h5-10H,1-4H3,(H,20,21). The molecule has 0 unspecified atom stereocenters. The minimum absolute atomic E-state index is 0.0769. The number of ether oxygens (including phenoxy) is 2. The molecule has 0 spiro atoms. The highest BCUT2D eigenvalue weighted by Gasteiger charge is 2.18. The summed E-state index contributed by atoms with van der Waals surface area (Å²) < 4.78 is 10.3. The summed E-state index contributed by atoms with van der Waals surface area (Å²) in [5, 5.41) is 9.16. The largest absolute Gasteiger partial charge is 0.481 e. The Morgan fingerprint density at radius 3 is 2.17 bits per heavy atom. The van der Waals surface area contributed by atoms with Crippen LogP contribution in [0.1, 0.15) is 41.5 Å². The van der Waals surface area contributed by atoms with Gasteiger partial charge in [-0.3, -0.25) is 0 Å². The summed E-state index contributed by atoms with van der Waals surface area (Å²) in [7, 11) is 1.42. The number of carboxylic acids is 1. The van der Waals surface area contributed by atoms with Gasteiger partial charge in [0.05, 0.1) is 23.9 Å². The van der Waals surface area contributed by atoms with E-state index in [1.165, 1.54) is 19.2 Å². The molecular weight excluding hydrogens is 310 g/mol. The van der Waals surface area contributed by atoms with Gasteiger partial charge in [0.15, 0.2) is 0 Å². The topological polar surface area (TPSA) is 85.7 Å². The van der Waals surface area contributed by atoms with Gasteiger partial charge in [0.2, 0.25) is 5.88 Å². The van der Waals surface area contributed by atoms with Gasteiger partial charge in [0, 0.05) is 11.6 Å². The van der Waals surface area contributed by atoms with Crippen molar-refractivity contribution in [3.05, 3.63) is 47.5 Å². The quantitative estimate of drug-likeness (QED) is 0.865. The van der Waals surface area contributed by atoms with Gasteiger partial charge >= 0.3 is 11.9 Å². The zero-order valence-corrected chi connectivity index (χ0v) is 14.0. The van der Waals surface area contributed by atoms with E-state index in [9.17, 15) is 9.59 Å². The Bertz CT molecular complexity index is 760. The molecule has 0 saturated carbocycles. The average Bonchev–Trinajstić information content (AvgIpc) is 2.52. The maximum Gasteiger partial charge on any atom is 0.338 e. The third-order valence-electron chi connectivity index (χ3n) is 3.07. The SMILES string of the molecule is COc1cc(C(=O)O)cc(-c2ccc(C(=O)OC(C)(C)C)cc2)n1. The van der Waals surface area contributed by atoms with E-state index in [2.05, 4.69) is 4.98 Å². The Hall–Kier alpha value is -2.89. The number of hydrogen-bond donors (Lipinski definition) is 1. The summed E-state index contributed by atoms with van der Waals surface area (Å²) in [6.07, 6.45) is 0. The van der Waals surface area contributed by atoms with Crippen LogP contribution in [0.3, 0.4) is 0 Å². The Morgan fingerprint density at radius 1 is 1.04 bits per heavy atom. The molecule has 24 heavy (non-hydrogen) atoms. The molecule has 1 N–H and O–H groups in total. The van der Waals surface area contributed by atoms with E-state index in [1.807, 2.05) is 0 Å². The molecule has 1 aromatic heterocycles. The molecule has 1 heterocycles. The summed E-state index contributed by atoms with van der Waals surface area (Å²) in [6.45, 7) is 5.40. The lowest BCUT2D eigenvalue weighted by molar-refractivity contribution is 0.00693.